The molecular weight excluding hydrogens is 504 g/mol. The first-order chi connectivity index (χ1) is 17.5. The lowest BCUT2D eigenvalue weighted by Gasteiger charge is -2.20. The number of halogens is 2. The Hall–Kier alpha value is -4.06. The molecule has 0 aliphatic carbocycles. The second kappa shape index (κ2) is 10.1. The van der Waals surface area contributed by atoms with Crippen LogP contribution in [0.25, 0.3) is 28.0 Å². The zero-order chi connectivity index (χ0) is 27.0. The first-order valence-electron chi connectivity index (χ1n) is 11.2. The molecule has 1 unspecified atom stereocenters. The van der Waals surface area contributed by atoms with Crippen molar-refractivity contribution in [2.75, 3.05) is 12.8 Å². The summed E-state index contributed by atoms with van der Waals surface area (Å²) < 4.78 is 35.8. The van der Waals surface area contributed by atoms with Gasteiger partial charge in [-0.25, -0.2) is 23.1 Å². The summed E-state index contributed by atoms with van der Waals surface area (Å²) in [7, 11) is 1.26. The summed E-state index contributed by atoms with van der Waals surface area (Å²) in [5, 5.41) is -0.902. The van der Waals surface area contributed by atoms with Crippen molar-refractivity contribution in [3.8, 4) is 16.9 Å². The SMILES string of the molecule is COC(=O)C(C)Sc1ccnc(C(C)C)c1-n1c(=O)[nH]c(=O)c2cc(F)c(-c3c(N)cccc3F)nc21. The molecule has 0 aliphatic rings. The van der Waals surface area contributed by atoms with Crippen molar-refractivity contribution in [2.24, 2.45) is 0 Å². The molecule has 0 bridgehead atoms. The average molecular weight is 528 g/mol. The number of esters is 1. The van der Waals surface area contributed by atoms with Crippen LogP contribution in [0.4, 0.5) is 14.5 Å². The molecule has 0 radical (unpaired) electrons. The van der Waals surface area contributed by atoms with E-state index in [0.29, 0.717) is 10.6 Å². The van der Waals surface area contributed by atoms with Crippen LogP contribution in [0.1, 0.15) is 32.4 Å². The van der Waals surface area contributed by atoms with E-state index in [1.54, 1.807) is 13.0 Å². The van der Waals surface area contributed by atoms with E-state index in [0.717, 1.165) is 28.5 Å². The maximum absolute atomic E-state index is 15.2. The summed E-state index contributed by atoms with van der Waals surface area (Å²) in [4.78, 5) is 49.4. The Morgan fingerprint density at radius 3 is 2.54 bits per heavy atom. The number of fused-ring (bicyclic) bond motifs is 1. The first-order valence-corrected chi connectivity index (χ1v) is 12.1. The van der Waals surface area contributed by atoms with Crippen molar-refractivity contribution in [1.82, 2.24) is 19.5 Å². The summed E-state index contributed by atoms with van der Waals surface area (Å²) in [6, 6.07) is 6.34. The zero-order valence-corrected chi connectivity index (χ0v) is 21.2. The highest BCUT2D eigenvalue weighted by Gasteiger charge is 2.25. The molecule has 3 heterocycles. The van der Waals surface area contributed by atoms with Gasteiger partial charge in [-0.2, -0.15) is 0 Å². The number of benzene rings is 1. The minimum Gasteiger partial charge on any atom is -0.468 e. The van der Waals surface area contributed by atoms with Crippen LogP contribution in [0.2, 0.25) is 0 Å². The Balaban J connectivity index is 2.13. The fourth-order valence-corrected chi connectivity index (χ4v) is 4.93. The molecule has 1 atom stereocenters. The van der Waals surface area contributed by atoms with E-state index in [2.05, 4.69) is 15.0 Å². The number of methoxy groups -OCH3 is 1. The highest BCUT2D eigenvalue weighted by atomic mass is 32.2. The van der Waals surface area contributed by atoms with E-state index in [1.807, 2.05) is 13.8 Å². The zero-order valence-electron chi connectivity index (χ0n) is 20.3. The van der Waals surface area contributed by atoms with Gasteiger partial charge in [0.1, 0.15) is 16.8 Å². The van der Waals surface area contributed by atoms with E-state index in [4.69, 9.17) is 10.5 Å². The van der Waals surface area contributed by atoms with Gasteiger partial charge in [0.2, 0.25) is 0 Å². The molecule has 0 saturated carbocycles. The Morgan fingerprint density at radius 2 is 1.89 bits per heavy atom. The van der Waals surface area contributed by atoms with Gasteiger partial charge in [0, 0.05) is 16.8 Å². The van der Waals surface area contributed by atoms with Crippen LogP contribution in [-0.4, -0.2) is 37.8 Å². The van der Waals surface area contributed by atoms with Crippen LogP contribution in [-0.2, 0) is 9.53 Å². The summed E-state index contributed by atoms with van der Waals surface area (Å²) in [6.45, 7) is 5.33. The Labute approximate surface area is 213 Å². The predicted octanol–water partition coefficient (Wildman–Crippen LogP) is 3.77. The molecule has 0 fully saturated rings. The molecular formula is C25H23F2N5O4S. The molecule has 0 aliphatic heterocycles. The second-order valence-electron chi connectivity index (χ2n) is 8.47. The fraction of sp³-hybridized carbons (Fsp3) is 0.240. The maximum Gasteiger partial charge on any atom is 0.334 e. The van der Waals surface area contributed by atoms with Crippen LogP contribution < -0.4 is 17.0 Å². The molecule has 37 heavy (non-hydrogen) atoms. The molecule has 12 heteroatoms. The van der Waals surface area contributed by atoms with Crippen LogP contribution in [0, 0.1) is 11.6 Å². The highest BCUT2D eigenvalue weighted by molar-refractivity contribution is 8.00. The normalized spacial score (nSPS) is 12.2. The van der Waals surface area contributed by atoms with Gasteiger partial charge in [-0.3, -0.25) is 19.6 Å². The highest BCUT2D eigenvalue weighted by Crippen LogP contribution is 2.35. The van der Waals surface area contributed by atoms with Gasteiger partial charge < -0.3 is 10.5 Å². The largest absolute Gasteiger partial charge is 0.468 e. The average Bonchev–Trinajstić information content (AvgIpc) is 2.84. The minimum atomic E-state index is -0.996. The lowest BCUT2D eigenvalue weighted by Crippen LogP contribution is -2.31. The summed E-state index contributed by atoms with van der Waals surface area (Å²) in [5.41, 5.74) is 3.82. The van der Waals surface area contributed by atoms with Crippen molar-refractivity contribution < 1.29 is 18.3 Å². The number of carbonyl (C=O) groups excluding carboxylic acids is 1. The van der Waals surface area contributed by atoms with Crippen molar-refractivity contribution in [3.63, 3.8) is 0 Å². The van der Waals surface area contributed by atoms with Crippen LogP contribution in [0.5, 0.6) is 0 Å². The number of carbonyl (C=O) groups is 1. The number of thioether (sulfide) groups is 1. The van der Waals surface area contributed by atoms with Crippen LogP contribution in [0.3, 0.4) is 0 Å². The third-order valence-corrected chi connectivity index (χ3v) is 6.77. The number of H-pyrrole nitrogens is 1. The number of nitrogens with zero attached hydrogens (tertiary/aromatic N) is 3. The molecule has 0 amide bonds. The lowest BCUT2D eigenvalue weighted by molar-refractivity contribution is -0.139. The van der Waals surface area contributed by atoms with Crippen LogP contribution in [0.15, 0.2) is 51.0 Å². The number of hydrogen-bond donors (Lipinski definition) is 2. The summed E-state index contributed by atoms with van der Waals surface area (Å²) >= 11 is 1.11. The van der Waals surface area contributed by atoms with E-state index in [1.165, 1.54) is 25.4 Å². The van der Waals surface area contributed by atoms with Gasteiger partial charge in [0.15, 0.2) is 11.5 Å². The molecule has 0 saturated heterocycles. The van der Waals surface area contributed by atoms with Crippen molar-refractivity contribution in [3.05, 3.63) is 74.7 Å². The topological polar surface area (TPSA) is 133 Å². The smallest absolute Gasteiger partial charge is 0.334 e. The van der Waals surface area contributed by atoms with E-state index < -0.39 is 39.8 Å². The number of ether oxygens (including phenoxy) is 1. The first kappa shape index (κ1) is 26.0. The van der Waals surface area contributed by atoms with E-state index >= 15 is 4.39 Å². The minimum absolute atomic E-state index is 0.0723. The maximum atomic E-state index is 15.2. The van der Waals surface area contributed by atoms with Gasteiger partial charge in [0.25, 0.3) is 5.56 Å². The Kier molecular flexibility index (Phi) is 7.12. The van der Waals surface area contributed by atoms with Gasteiger partial charge in [-0.1, -0.05) is 19.9 Å². The number of rotatable bonds is 6. The third-order valence-electron chi connectivity index (χ3n) is 5.64. The number of pyridine rings is 2. The molecule has 4 rings (SSSR count). The monoisotopic (exact) mass is 527 g/mol. The number of hydrogen-bond acceptors (Lipinski definition) is 8. The third kappa shape index (κ3) is 4.71. The Morgan fingerprint density at radius 1 is 1.16 bits per heavy atom. The van der Waals surface area contributed by atoms with Gasteiger partial charge in [-0.15, -0.1) is 11.8 Å². The standard InChI is InChI=1S/C25H23F2N5O4S/c1-11(2)19-21(17(8-9-29-19)37-12(3)24(34)36-4)32-22-13(23(33)31-25(32)35)10-15(27)20(30-22)18-14(26)6-5-7-16(18)28/h5-12H,28H2,1-4H3,(H,31,33,35). The lowest BCUT2D eigenvalue weighted by atomic mass is 10.1. The van der Waals surface area contributed by atoms with E-state index in [-0.39, 0.29) is 33.9 Å². The number of nitrogens with two attached hydrogens (primary N) is 1. The van der Waals surface area contributed by atoms with Crippen molar-refractivity contribution in [2.45, 2.75) is 36.8 Å². The molecule has 192 valence electrons. The molecule has 1 aromatic carbocycles. The molecule has 3 N–H and O–H groups in total. The van der Waals surface area contributed by atoms with E-state index in [9.17, 15) is 18.8 Å². The number of aromatic nitrogens is 4. The quantitative estimate of drug-likeness (QED) is 0.220. The van der Waals surface area contributed by atoms with Gasteiger partial charge in [-0.05, 0) is 37.1 Å². The molecule has 9 nitrogen and oxygen atoms in total. The number of nitrogens with one attached hydrogen (secondary N) is 1. The predicted molar refractivity (Wildman–Crippen MR) is 137 cm³/mol. The number of anilines is 1. The van der Waals surface area contributed by atoms with Gasteiger partial charge >= 0.3 is 11.7 Å². The number of nitrogen functional groups attached to an aromatic ring is 1. The van der Waals surface area contributed by atoms with Gasteiger partial charge in [0.05, 0.1) is 29.4 Å². The van der Waals surface area contributed by atoms with Crippen molar-refractivity contribution in [1.29, 1.82) is 0 Å². The number of aromatic amines is 1. The summed E-state index contributed by atoms with van der Waals surface area (Å²) in [6.07, 6.45) is 1.53. The molecule has 4 aromatic rings. The Bertz CT molecular complexity index is 1630. The summed E-state index contributed by atoms with van der Waals surface area (Å²) in [5.74, 6) is -2.52. The fourth-order valence-electron chi connectivity index (χ4n) is 3.91. The van der Waals surface area contributed by atoms with Crippen molar-refractivity contribution >= 4 is 34.5 Å². The molecule has 3 aromatic heterocycles. The second-order valence-corrected chi connectivity index (χ2v) is 9.85. The molecule has 0 spiro atoms. The van der Waals surface area contributed by atoms with Crippen LogP contribution >= 0.6 is 11.8 Å².